The van der Waals surface area contributed by atoms with Crippen molar-refractivity contribution in [1.82, 2.24) is 5.32 Å². The topological polar surface area (TPSA) is 49.4 Å². The van der Waals surface area contributed by atoms with Crippen molar-refractivity contribution in [3.8, 4) is 0 Å². The molecule has 1 aliphatic rings. The number of hydrogen-bond donors (Lipinski definition) is 1. The van der Waals surface area contributed by atoms with Crippen molar-refractivity contribution >= 4 is 17.5 Å². The molecule has 4 heteroatoms. The van der Waals surface area contributed by atoms with Crippen LogP contribution in [0.5, 0.6) is 0 Å². The highest BCUT2D eigenvalue weighted by molar-refractivity contribution is 5.95. The lowest BCUT2D eigenvalue weighted by molar-refractivity contribution is -0.122. The van der Waals surface area contributed by atoms with Crippen LogP contribution in [0.1, 0.15) is 73.3 Å². The van der Waals surface area contributed by atoms with Crippen LogP contribution >= 0.6 is 0 Å². The highest BCUT2D eigenvalue weighted by Gasteiger charge is 2.28. The molecular weight excluding hydrogens is 444 g/mol. The van der Waals surface area contributed by atoms with Crippen molar-refractivity contribution in [1.29, 1.82) is 0 Å². The Morgan fingerprint density at radius 1 is 0.889 bits per heavy atom. The van der Waals surface area contributed by atoms with Gasteiger partial charge in [-0.25, -0.2) is 0 Å². The van der Waals surface area contributed by atoms with Crippen LogP contribution in [0, 0.1) is 12.8 Å². The van der Waals surface area contributed by atoms with E-state index in [2.05, 4.69) is 68.6 Å². The second kappa shape index (κ2) is 12.0. The van der Waals surface area contributed by atoms with Gasteiger partial charge in [0.25, 0.3) is 0 Å². The van der Waals surface area contributed by atoms with Gasteiger partial charge in [0, 0.05) is 18.2 Å². The Balaban J connectivity index is 1.40. The maximum absolute atomic E-state index is 13.4. The first-order valence-electron chi connectivity index (χ1n) is 13.2. The maximum atomic E-state index is 13.4. The molecular formula is C32H38N2O2. The van der Waals surface area contributed by atoms with Crippen LogP contribution in [0.4, 0.5) is 5.69 Å². The maximum Gasteiger partial charge on any atom is 0.230 e. The van der Waals surface area contributed by atoms with E-state index < -0.39 is 0 Å². The van der Waals surface area contributed by atoms with Crippen LogP contribution < -0.4 is 10.2 Å². The average molecular weight is 483 g/mol. The zero-order valence-corrected chi connectivity index (χ0v) is 21.8. The third-order valence-electron chi connectivity index (χ3n) is 7.14. The number of carbonyl (C=O) groups excluding carboxylic acids is 2. The Morgan fingerprint density at radius 2 is 1.56 bits per heavy atom. The Bertz CT molecular complexity index is 1160. The van der Waals surface area contributed by atoms with Crippen molar-refractivity contribution in [3.05, 3.63) is 101 Å². The number of aryl methyl sites for hydroxylation is 1. The summed E-state index contributed by atoms with van der Waals surface area (Å²) in [6.45, 7) is 7.51. The lowest BCUT2D eigenvalue weighted by Crippen LogP contribution is -2.35. The minimum absolute atomic E-state index is 0.00525. The molecule has 4 rings (SSSR count). The largest absolute Gasteiger partial charge is 0.352 e. The summed E-state index contributed by atoms with van der Waals surface area (Å²) in [5.41, 5.74) is 6.55. The normalized spacial score (nSPS) is 13.7. The summed E-state index contributed by atoms with van der Waals surface area (Å²) in [6, 6.07) is 24.7. The minimum Gasteiger partial charge on any atom is -0.352 e. The lowest BCUT2D eigenvalue weighted by Gasteiger charge is -2.26. The van der Waals surface area contributed by atoms with Crippen molar-refractivity contribution in [2.45, 2.75) is 71.9 Å². The van der Waals surface area contributed by atoms with Gasteiger partial charge in [0.2, 0.25) is 11.8 Å². The van der Waals surface area contributed by atoms with Crippen LogP contribution in [0.25, 0.3) is 0 Å². The molecule has 1 fully saturated rings. The van der Waals surface area contributed by atoms with E-state index in [4.69, 9.17) is 0 Å². The molecule has 0 saturated heterocycles. The van der Waals surface area contributed by atoms with Gasteiger partial charge in [-0.15, -0.1) is 0 Å². The Hall–Kier alpha value is -3.40. The molecule has 0 radical (unpaired) electrons. The van der Waals surface area contributed by atoms with Crippen LogP contribution in [0.3, 0.4) is 0 Å². The first kappa shape index (κ1) is 25.7. The zero-order chi connectivity index (χ0) is 25.5. The van der Waals surface area contributed by atoms with Crippen molar-refractivity contribution in [2.24, 2.45) is 5.92 Å². The van der Waals surface area contributed by atoms with Crippen LogP contribution in [-0.4, -0.2) is 11.8 Å². The standard InChI is InChI=1S/C32H38N2O2/c1-23(2)28-15-11-26(12-16-28)21-33-31(35)20-25-13-17-30(18-14-25)34(32(36)29-9-4-5-10-29)22-27-8-6-7-24(3)19-27/h6-8,11-19,23,29H,4-5,9-10,20-22H2,1-3H3,(H,33,35). The predicted molar refractivity (Wildman–Crippen MR) is 147 cm³/mol. The molecule has 0 aromatic heterocycles. The summed E-state index contributed by atoms with van der Waals surface area (Å²) < 4.78 is 0. The van der Waals surface area contributed by atoms with Gasteiger partial charge < -0.3 is 10.2 Å². The summed E-state index contributed by atoms with van der Waals surface area (Å²) in [5.74, 6) is 0.810. The summed E-state index contributed by atoms with van der Waals surface area (Å²) in [7, 11) is 0. The Labute approximate surface area is 215 Å². The van der Waals surface area contributed by atoms with E-state index >= 15 is 0 Å². The fourth-order valence-electron chi connectivity index (χ4n) is 4.95. The van der Waals surface area contributed by atoms with E-state index in [1.165, 1.54) is 11.1 Å². The van der Waals surface area contributed by atoms with E-state index in [9.17, 15) is 9.59 Å². The lowest BCUT2D eigenvalue weighted by atomic mass is 10.0. The van der Waals surface area contributed by atoms with Crippen molar-refractivity contribution in [2.75, 3.05) is 4.90 Å². The van der Waals surface area contributed by atoms with Crippen LogP contribution in [-0.2, 0) is 29.1 Å². The molecule has 1 saturated carbocycles. The van der Waals surface area contributed by atoms with Crippen molar-refractivity contribution < 1.29 is 9.59 Å². The molecule has 4 nitrogen and oxygen atoms in total. The third kappa shape index (κ3) is 6.84. The quantitative estimate of drug-likeness (QED) is 0.369. The summed E-state index contributed by atoms with van der Waals surface area (Å²) in [5, 5.41) is 3.02. The van der Waals surface area contributed by atoms with Gasteiger partial charge in [-0.1, -0.05) is 92.9 Å². The Morgan fingerprint density at radius 3 is 2.19 bits per heavy atom. The van der Waals surface area contributed by atoms with Gasteiger partial charge in [-0.3, -0.25) is 9.59 Å². The molecule has 3 aromatic rings. The molecule has 0 unspecified atom stereocenters. The smallest absolute Gasteiger partial charge is 0.230 e. The molecule has 0 spiro atoms. The number of rotatable bonds is 9. The van der Waals surface area contributed by atoms with Gasteiger partial charge in [-0.05, 0) is 60.1 Å². The highest BCUT2D eigenvalue weighted by atomic mass is 16.2. The second-order valence-electron chi connectivity index (χ2n) is 10.4. The van der Waals surface area contributed by atoms with Gasteiger partial charge in [0.05, 0.1) is 13.0 Å². The number of amides is 2. The van der Waals surface area contributed by atoms with E-state index in [1.54, 1.807) is 0 Å². The zero-order valence-electron chi connectivity index (χ0n) is 21.8. The Kier molecular flexibility index (Phi) is 8.58. The molecule has 2 amide bonds. The van der Waals surface area contributed by atoms with Crippen molar-refractivity contribution in [3.63, 3.8) is 0 Å². The number of carbonyl (C=O) groups is 2. The first-order chi connectivity index (χ1) is 17.4. The SMILES string of the molecule is Cc1cccc(CN(C(=O)C2CCCC2)c2ccc(CC(=O)NCc3ccc(C(C)C)cc3)cc2)c1. The first-order valence-corrected chi connectivity index (χ1v) is 13.2. The third-order valence-corrected chi connectivity index (χ3v) is 7.14. The van der Waals surface area contributed by atoms with E-state index in [0.29, 0.717) is 25.4 Å². The number of nitrogens with zero attached hydrogens (tertiary/aromatic N) is 1. The molecule has 1 N–H and O–H groups in total. The molecule has 0 atom stereocenters. The van der Waals surface area contributed by atoms with E-state index in [0.717, 1.165) is 48.1 Å². The number of benzene rings is 3. The van der Waals surface area contributed by atoms with Gasteiger partial charge in [0.15, 0.2) is 0 Å². The van der Waals surface area contributed by atoms with Crippen LogP contribution in [0.15, 0.2) is 72.8 Å². The molecule has 188 valence electrons. The highest BCUT2D eigenvalue weighted by Crippen LogP contribution is 2.30. The molecule has 3 aromatic carbocycles. The minimum atomic E-state index is -0.00525. The second-order valence-corrected chi connectivity index (χ2v) is 10.4. The summed E-state index contributed by atoms with van der Waals surface area (Å²) in [4.78, 5) is 27.9. The van der Waals surface area contributed by atoms with E-state index in [-0.39, 0.29) is 17.7 Å². The number of nitrogens with one attached hydrogen (secondary N) is 1. The molecule has 36 heavy (non-hydrogen) atoms. The molecule has 1 aliphatic carbocycles. The monoisotopic (exact) mass is 482 g/mol. The molecule has 0 heterocycles. The molecule has 0 aliphatic heterocycles. The summed E-state index contributed by atoms with van der Waals surface area (Å²) >= 11 is 0. The van der Waals surface area contributed by atoms with Gasteiger partial charge in [-0.2, -0.15) is 0 Å². The predicted octanol–water partition coefficient (Wildman–Crippen LogP) is 6.70. The van der Waals surface area contributed by atoms with Crippen LogP contribution in [0.2, 0.25) is 0 Å². The van der Waals surface area contributed by atoms with Gasteiger partial charge in [0.1, 0.15) is 0 Å². The fraction of sp³-hybridized carbons (Fsp3) is 0.375. The summed E-state index contributed by atoms with van der Waals surface area (Å²) in [6.07, 6.45) is 4.53. The van der Waals surface area contributed by atoms with E-state index in [1.807, 2.05) is 35.2 Å². The number of hydrogen-bond acceptors (Lipinski definition) is 2. The average Bonchev–Trinajstić information content (AvgIpc) is 3.42. The molecule has 0 bridgehead atoms. The number of anilines is 1. The van der Waals surface area contributed by atoms with Gasteiger partial charge >= 0.3 is 0 Å². The fourth-order valence-corrected chi connectivity index (χ4v) is 4.95.